The second-order valence-electron chi connectivity index (χ2n) is 6.08. The first kappa shape index (κ1) is 15.6. The summed E-state index contributed by atoms with van der Waals surface area (Å²) in [5.74, 6) is 0.501. The molecule has 1 aromatic rings. The Labute approximate surface area is 125 Å². The van der Waals surface area contributed by atoms with Gasteiger partial charge in [-0.2, -0.15) is 0 Å². The number of amides is 2. The van der Waals surface area contributed by atoms with Crippen molar-refractivity contribution in [2.75, 3.05) is 19.6 Å². The van der Waals surface area contributed by atoms with Crippen molar-refractivity contribution >= 4 is 11.8 Å². The molecule has 5 heteroatoms. The van der Waals surface area contributed by atoms with Gasteiger partial charge in [-0.1, -0.05) is 13.8 Å². The monoisotopic (exact) mass is 292 g/mol. The number of furan rings is 1. The first-order chi connectivity index (χ1) is 10.1. The molecule has 21 heavy (non-hydrogen) atoms. The molecule has 2 rings (SSSR count). The molecule has 2 heterocycles. The van der Waals surface area contributed by atoms with Crippen LogP contribution in [-0.2, 0) is 4.79 Å². The lowest BCUT2D eigenvalue weighted by atomic mass is 9.96. The van der Waals surface area contributed by atoms with Gasteiger partial charge in [-0.3, -0.25) is 9.59 Å². The van der Waals surface area contributed by atoms with E-state index >= 15 is 0 Å². The van der Waals surface area contributed by atoms with E-state index in [0.29, 0.717) is 31.1 Å². The predicted molar refractivity (Wildman–Crippen MR) is 79.8 cm³/mol. The van der Waals surface area contributed by atoms with Crippen molar-refractivity contribution in [2.45, 2.75) is 33.1 Å². The van der Waals surface area contributed by atoms with Crippen molar-refractivity contribution in [3.05, 3.63) is 24.2 Å². The molecule has 1 saturated heterocycles. The normalized spacial score (nSPS) is 18.8. The molecule has 1 fully saturated rings. The summed E-state index contributed by atoms with van der Waals surface area (Å²) < 4.78 is 4.95. The van der Waals surface area contributed by atoms with Crippen LogP contribution in [0.2, 0.25) is 0 Å². The first-order valence-corrected chi connectivity index (χ1v) is 7.67. The van der Waals surface area contributed by atoms with Crippen LogP contribution in [0.3, 0.4) is 0 Å². The smallest absolute Gasteiger partial charge is 0.257 e. The van der Waals surface area contributed by atoms with E-state index in [-0.39, 0.29) is 17.7 Å². The zero-order valence-corrected chi connectivity index (χ0v) is 12.8. The van der Waals surface area contributed by atoms with Gasteiger partial charge in [0.2, 0.25) is 5.91 Å². The number of likely N-dealkylation sites (tertiary alicyclic amines) is 1. The van der Waals surface area contributed by atoms with Gasteiger partial charge in [0, 0.05) is 19.6 Å². The molecule has 116 valence electrons. The minimum atomic E-state index is -0.0956. The van der Waals surface area contributed by atoms with Gasteiger partial charge in [-0.05, 0) is 31.2 Å². The quantitative estimate of drug-likeness (QED) is 0.905. The summed E-state index contributed by atoms with van der Waals surface area (Å²) in [6.45, 7) is 6.19. The highest BCUT2D eigenvalue weighted by Gasteiger charge is 2.29. The number of nitrogens with zero attached hydrogens (tertiary/aromatic N) is 1. The molecule has 0 bridgehead atoms. The second kappa shape index (κ2) is 7.29. The summed E-state index contributed by atoms with van der Waals surface area (Å²) in [6.07, 6.45) is 5.65. The molecule has 0 aliphatic carbocycles. The highest BCUT2D eigenvalue weighted by molar-refractivity contribution is 5.94. The average molecular weight is 292 g/mol. The molecule has 0 aromatic carbocycles. The molecule has 2 amide bonds. The van der Waals surface area contributed by atoms with E-state index in [1.807, 2.05) is 0 Å². The van der Waals surface area contributed by atoms with Crippen LogP contribution in [0.4, 0.5) is 0 Å². The van der Waals surface area contributed by atoms with Gasteiger partial charge >= 0.3 is 0 Å². The summed E-state index contributed by atoms with van der Waals surface area (Å²) in [7, 11) is 0. The summed E-state index contributed by atoms with van der Waals surface area (Å²) in [5, 5.41) is 2.98. The Balaban J connectivity index is 1.85. The lowest BCUT2D eigenvalue weighted by Crippen LogP contribution is -2.45. The molecule has 0 saturated carbocycles. The van der Waals surface area contributed by atoms with E-state index in [9.17, 15) is 9.59 Å². The largest absolute Gasteiger partial charge is 0.472 e. The van der Waals surface area contributed by atoms with Crippen molar-refractivity contribution < 1.29 is 14.0 Å². The Bertz CT molecular complexity index is 468. The maximum absolute atomic E-state index is 12.3. The lowest BCUT2D eigenvalue weighted by molar-refractivity contribution is -0.126. The molecule has 0 radical (unpaired) electrons. The van der Waals surface area contributed by atoms with Crippen molar-refractivity contribution in [1.29, 1.82) is 0 Å². The number of carbonyl (C=O) groups is 2. The fourth-order valence-corrected chi connectivity index (χ4v) is 2.57. The molecular formula is C16H24N2O3. The Morgan fingerprint density at radius 3 is 2.95 bits per heavy atom. The Morgan fingerprint density at radius 2 is 2.29 bits per heavy atom. The molecule has 0 spiro atoms. The van der Waals surface area contributed by atoms with Crippen LogP contribution in [0.25, 0.3) is 0 Å². The minimum Gasteiger partial charge on any atom is -0.472 e. The van der Waals surface area contributed by atoms with Crippen molar-refractivity contribution in [1.82, 2.24) is 10.2 Å². The molecule has 1 N–H and O–H groups in total. The summed E-state index contributed by atoms with van der Waals surface area (Å²) in [4.78, 5) is 26.2. The van der Waals surface area contributed by atoms with Crippen molar-refractivity contribution in [3.63, 3.8) is 0 Å². The number of carbonyl (C=O) groups excluding carboxylic acids is 2. The van der Waals surface area contributed by atoms with E-state index in [2.05, 4.69) is 19.2 Å². The van der Waals surface area contributed by atoms with Crippen molar-refractivity contribution in [2.24, 2.45) is 11.8 Å². The molecule has 1 aliphatic heterocycles. The van der Waals surface area contributed by atoms with Crippen LogP contribution in [-0.4, -0.2) is 36.3 Å². The number of nitrogens with one attached hydrogen (secondary N) is 1. The van der Waals surface area contributed by atoms with Crippen LogP contribution in [0.15, 0.2) is 23.0 Å². The van der Waals surface area contributed by atoms with Gasteiger partial charge in [0.15, 0.2) is 0 Å². The second-order valence-corrected chi connectivity index (χ2v) is 6.08. The zero-order valence-electron chi connectivity index (χ0n) is 12.8. The SMILES string of the molecule is CC(C)CCNC(=O)[C@@H]1CCCN(C(=O)c2ccoc2)C1. The van der Waals surface area contributed by atoms with Crippen LogP contribution in [0.1, 0.15) is 43.5 Å². The van der Waals surface area contributed by atoms with Crippen LogP contribution < -0.4 is 5.32 Å². The number of hydrogen-bond donors (Lipinski definition) is 1. The van der Waals surface area contributed by atoms with Gasteiger partial charge in [-0.25, -0.2) is 0 Å². The third-order valence-electron chi connectivity index (χ3n) is 3.87. The third kappa shape index (κ3) is 4.34. The van der Waals surface area contributed by atoms with Gasteiger partial charge < -0.3 is 14.6 Å². The molecule has 1 aromatic heterocycles. The standard InChI is InChI=1S/C16H24N2O3/c1-12(2)5-7-17-15(19)13-4-3-8-18(10-13)16(20)14-6-9-21-11-14/h6,9,11-13H,3-5,7-8,10H2,1-2H3,(H,17,19)/t13-/m1/s1. The Hall–Kier alpha value is -1.78. The van der Waals surface area contributed by atoms with E-state index < -0.39 is 0 Å². The molecule has 1 atom stereocenters. The summed E-state index contributed by atoms with van der Waals surface area (Å²) in [6, 6.07) is 1.66. The number of hydrogen-bond acceptors (Lipinski definition) is 3. The number of rotatable bonds is 5. The van der Waals surface area contributed by atoms with Crippen LogP contribution >= 0.6 is 0 Å². The van der Waals surface area contributed by atoms with Gasteiger partial charge in [0.1, 0.15) is 6.26 Å². The lowest BCUT2D eigenvalue weighted by Gasteiger charge is -2.31. The summed E-state index contributed by atoms with van der Waals surface area (Å²) >= 11 is 0. The number of piperidine rings is 1. The topological polar surface area (TPSA) is 62.6 Å². The third-order valence-corrected chi connectivity index (χ3v) is 3.87. The highest BCUT2D eigenvalue weighted by atomic mass is 16.3. The van der Waals surface area contributed by atoms with Crippen LogP contribution in [0, 0.1) is 11.8 Å². The van der Waals surface area contributed by atoms with Crippen LogP contribution in [0.5, 0.6) is 0 Å². The van der Waals surface area contributed by atoms with E-state index in [1.54, 1.807) is 11.0 Å². The van der Waals surface area contributed by atoms with Gasteiger partial charge in [0.05, 0.1) is 17.7 Å². The first-order valence-electron chi connectivity index (χ1n) is 7.67. The zero-order chi connectivity index (χ0) is 15.2. The maximum Gasteiger partial charge on any atom is 0.257 e. The van der Waals surface area contributed by atoms with E-state index in [0.717, 1.165) is 19.3 Å². The summed E-state index contributed by atoms with van der Waals surface area (Å²) in [5.41, 5.74) is 0.552. The Morgan fingerprint density at radius 1 is 1.48 bits per heavy atom. The molecule has 1 aliphatic rings. The molecule has 0 unspecified atom stereocenters. The fourth-order valence-electron chi connectivity index (χ4n) is 2.57. The minimum absolute atomic E-state index is 0.0524. The van der Waals surface area contributed by atoms with Crippen molar-refractivity contribution in [3.8, 4) is 0 Å². The van der Waals surface area contributed by atoms with E-state index in [1.165, 1.54) is 12.5 Å². The Kier molecular flexibility index (Phi) is 5.42. The molecular weight excluding hydrogens is 268 g/mol. The molecule has 5 nitrogen and oxygen atoms in total. The average Bonchev–Trinajstić information content (AvgIpc) is 3.00. The van der Waals surface area contributed by atoms with Gasteiger partial charge in [0.25, 0.3) is 5.91 Å². The highest BCUT2D eigenvalue weighted by Crippen LogP contribution is 2.19. The fraction of sp³-hybridized carbons (Fsp3) is 0.625. The van der Waals surface area contributed by atoms with Gasteiger partial charge in [-0.15, -0.1) is 0 Å². The van der Waals surface area contributed by atoms with E-state index in [4.69, 9.17) is 4.42 Å². The maximum atomic E-state index is 12.3. The predicted octanol–water partition coefficient (Wildman–Crippen LogP) is 2.29.